The van der Waals surface area contributed by atoms with Gasteiger partial charge in [0, 0.05) is 30.4 Å². The molecule has 0 aliphatic carbocycles. The van der Waals surface area contributed by atoms with Gasteiger partial charge in [0.15, 0.2) is 0 Å². The van der Waals surface area contributed by atoms with Crippen LogP contribution in [0.25, 0.3) is 22.4 Å². The van der Waals surface area contributed by atoms with Gasteiger partial charge < -0.3 is 10.7 Å². The molecule has 0 saturated heterocycles. The Hall–Kier alpha value is -3.13. The molecule has 4 rings (SSSR count). The maximum absolute atomic E-state index is 12.9. The number of halogens is 4. The average Bonchev–Trinajstić information content (AvgIpc) is 3.04. The fraction of sp³-hybridized carbons (Fsp3) is 0.105. The van der Waals surface area contributed by atoms with Crippen molar-refractivity contribution in [2.45, 2.75) is 12.6 Å². The number of aromatic nitrogens is 4. The molecule has 4 aromatic rings. The highest BCUT2D eigenvalue weighted by atomic mass is 35.5. The van der Waals surface area contributed by atoms with E-state index in [0.29, 0.717) is 11.4 Å². The van der Waals surface area contributed by atoms with Gasteiger partial charge in [0.1, 0.15) is 17.0 Å². The van der Waals surface area contributed by atoms with Crippen molar-refractivity contribution in [3.63, 3.8) is 0 Å². The van der Waals surface area contributed by atoms with E-state index in [9.17, 15) is 13.2 Å². The van der Waals surface area contributed by atoms with Crippen molar-refractivity contribution in [3.8, 4) is 11.4 Å². The number of nitrogens with one attached hydrogen (secondary N) is 1. The van der Waals surface area contributed by atoms with Crippen LogP contribution in [-0.4, -0.2) is 19.9 Å². The van der Waals surface area contributed by atoms with Crippen LogP contribution in [0.1, 0.15) is 16.8 Å². The first-order chi connectivity index (χ1) is 13.3. The number of pyridine rings is 3. The Morgan fingerprint density at radius 3 is 2.61 bits per heavy atom. The lowest BCUT2D eigenvalue weighted by Crippen LogP contribution is -2.09. The molecule has 0 aromatic carbocycles. The highest BCUT2D eigenvalue weighted by Crippen LogP contribution is 2.31. The van der Waals surface area contributed by atoms with Crippen molar-refractivity contribution in [1.82, 2.24) is 19.9 Å². The summed E-state index contributed by atoms with van der Waals surface area (Å²) in [6.07, 6.45) is 1.00. The zero-order valence-electron chi connectivity index (χ0n) is 14.3. The summed E-state index contributed by atoms with van der Waals surface area (Å²) in [6.45, 7) is 0. The summed E-state index contributed by atoms with van der Waals surface area (Å²) in [5, 5.41) is 1.44. The van der Waals surface area contributed by atoms with Gasteiger partial charge in [0.2, 0.25) is 0 Å². The summed E-state index contributed by atoms with van der Waals surface area (Å²) in [4.78, 5) is 15.2. The van der Waals surface area contributed by atoms with Gasteiger partial charge in [-0.3, -0.25) is 4.98 Å². The summed E-state index contributed by atoms with van der Waals surface area (Å²) in [7, 11) is 0. The molecule has 0 fully saturated rings. The molecule has 4 aromatic heterocycles. The zero-order chi connectivity index (χ0) is 19.9. The van der Waals surface area contributed by atoms with Crippen molar-refractivity contribution < 1.29 is 13.2 Å². The molecule has 9 heteroatoms. The average molecular weight is 404 g/mol. The maximum Gasteiger partial charge on any atom is 0.433 e. The van der Waals surface area contributed by atoms with Crippen LogP contribution in [0.3, 0.4) is 0 Å². The van der Waals surface area contributed by atoms with Gasteiger partial charge in [-0.25, -0.2) is 9.97 Å². The minimum atomic E-state index is -4.55. The van der Waals surface area contributed by atoms with Crippen LogP contribution in [0.4, 0.5) is 18.9 Å². The largest absolute Gasteiger partial charge is 0.433 e. The highest BCUT2D eigenvalue weighted by molar-refractivity contribution is 6.31. The second-order valence-corrected chi connectivity index (χ2v) is 6.66. The van der Waals surface area contributed by atoms with E-state index in [4.69, 9.17) is 17.3 Å². The molecule has 0 spiro atoms. The molecule has 3 N–H and O–H groups in total. The Bertz CT molecular complexity index is 1150. The first kappa shape index (κ1) is 18.2. The van der Waals surface area contributed by atoms with E-state index in [1.165, 1.54) is 6.07 Å². The number of H-pyrrole nitrogens is 1. The molecule has 0 aliphatic heterocycles. The first-order valence-electron chi connectivity index (χ1n) is 8.22. The van der Waals surface area contributed by atoms with Gasteiger partial charge >= 0.3 is 6.18 Å². The fourth-order valence-corrected chi connectivity index (χ4v) is 3.06. The maximum atomic E-state index is 12.9. The van der Waals surface area contributed by atoms with Crippen LogP contribution in [0.2, 0.25) is 5.02 Å². The molecule has 0 radical (unpaired) electrons. The van der Waals surface area contributed by atoms with Crippen LogP contribution in [0, 0.1) is 0 Å². The quantitative estimate of drug-likeness (QED) is 0.511. The van der Waals surface area contributed by atoms with Crippen LogP contribution in [-0.2, 0) is 12.6 Å². The number of rotatable bonds is 3. The number of anilines is 1. The topological polar surface area (TPSA) is 80.5 Å². The van der Waals surface area contributed by atoms with Crippen LogP contribution in [0.15, 0.2) is 48.9 Å². The van der Waals surface area contributed by atoms with Gasteiger partial charge in [-0.1, -0.05) is 17.7 Å². The van der Waals surface area contributed by atoms with Gasteiger partial charge in [-0.05, 0) is 35.4 Å². The molecule has 0 unspecified atom stereocenters. The van der Waals surface area contributed by atoms with Crippen molar-refractivity contribution in [2.24, 2.45) is 0 Å². The number of hydrogen-bond donors (Lipinski definition) is 2. The predicted octanol–water partition coefficient (Wildman–Crippen LogP) is 4.87. The van der Waals surface area contributed by atoms with E-state index in [2.05, 4.69) is 19.9 Å². The monoisotopic (exact) mass is 403 g/mol. The Morgan fingerprint density at radius 2 is 1.89 bits per heavy atom. The Morgan fingerprint density at radius 1 is 1.07 bits per heavy atom. The number of alkyl halides is 3. The third kappa shape index (κ3) is 3.50. The summed E-state index contributed by atoms with van der Waals surface area (Å²) in [5.41, 5.74) is 7.78. The summed E-state index contributed by atoms with van der Waals surface area (Å²) < 4.78 is 38.7. The smallest absolute Gasteiger partial charge is 0.397 e. The van der Waals surface area contributed by atoms with E-state index in [1.807, 2.05) is 12.3 Å². The standard InChI is InChI=1S/C19H13ClF3N5/c20-12-6-13-11(8-26-18(13)27-9-12)5-10-1-3-15(25-7-10)17-14(24)2-4-16(28-17)19(21,22)23/h1-4,6-9H,5,24H2,(H,26,27). The predicted molar refractivity (Wildman–Crippen MR) is 101 cm³/mol. The van der Waals surface area contributed by atoms with E-state index in [1.54, 1.807) is 24.5 Å². The number of nitrogen functional groups attached to an aromatic ring is 1. The molecular weight excluding hydrogens is 391 g/mol. The van der Waals surface area contributed by atoms with E-state index in [0.717, 1.165) is 28.2 Å². The van der Waals surface area contributed by atoms with Crippen LogP contribution >= 0.6 is 11.6 Å². The lowest BCUT2D eigenvalue weighted by Gasteiger charge is -2.10. The van der Waals surface area contributed by atoms with Crippen molar-refractivity contribution in [3.05, 3.63) is 70.8 Å². The Kier molecular flexibility index (Phi) is 4.43. The van der Waals surface area contributed by atoms with E-state index >= 15 is 0 Å². The molecule has 4 heterocycles. The molecule has 142 valence electrons. The van der Waals surface area contributed by atoms with Crippen molar-refractivity contribution >= 4 is 28.3 Å². The summed E-state index contributed by atoms with van der Waals surface area (Å²) >= 11 is 6.01. The third-order valence-corrected chi connectivity index (χ3v) is 4.47. The highest BCUT2D eigenvalue weighted by Gasteiger charge is 2.33. The number of nitrogens with two attached hydrogens (primary N) is 1. The van der Waals surface area contributed by atoms with Crippen LogP contribution in [0.5, 0.6) is 0 Å². The molecule has 0 saturated carbocycles. The Balaban J connectivity index is 1.63. The Labute approximate surface area is 162 Å². The lowest BCUT2D eigenvalue weighted by molar-refractivity contribution is -0.141. The number of nitrogens with zero attached hydrogens (tertiary/aromatic N) is 3. The molecule has 5 nitrogen and oxygen atoms in total. The summed E-state index contributed by atoms with van der Waals surface area (Å²) in [5.74, 6) is 0. The van der Waals surface area contributed by atoms with Gasteiger partial charge in [0.05, 0.1) is 16.4 Å². The van der Waals surface area contributed by atoms with Crippen molar-refractivity contribution in [2.75, 3.05) is 5.73 Å². The van der Waals surface area contributed by atoms with Crippen LogP contribution < -0.4 is 5.73 Å². The second kappa shape index (κ2) is 6.79. The number of hydrogen-bond acceptors (Lipinski definition) is 4. The van der Waals surface area contributed by atoms with Crippen molar-refractivity contribution in [1.29, 1.82) is 0 Å². The molecular formula is C19H13ClF3N5. The summed E-state index contributed by atoms with van der Waals surface area (Å²) in [6, 6.07) is 7.24. The number of aromatic amines is 1. The molecule has 0 atom stereocenters. The van der Waals surface area contributed by atoms with Gasteiger partial charge in [0.25, 0.3) is 0 Å². The SMILES string of the molecule is Nc1ccc(C(F)(F)F)nc1-c1ccc(Cc2c[nH]c3ncc(Cl)cc23)cn1. The second-order valence-electron chi connectivity index (χ2n) is 6.22. The minimum Gasteiger partial charge on any atom is -0.397 e. The lowest BCUT2D eigenvalue weighted by atomic mass is 10.1. The minimum absolute atomic E-state index is 0.00412. The number of fused-ring (bicyclic) bond motifs is 1. The molecule has 0 amide bonds. The molecule has 0 bridgehead atoms. The molecule has 0 aliphatic rings. The van der Waals surface area contributed by atoms with E-state index in [-0.39, 0.29) is 17.1 Å². The third-order valence-electron chi connectivity index (χ3n) is 4.26. The fourth-order valence-electron chi connectivity index (χ4n) is 2.90. The van der Waals surface area contributed by atoms with E-state index < -0.39 is 11.9 Å². The zero-order valence-corrected chi connectivity index (χ0v) is 15.0. The van der Waals surface area contributed by atoms with Gasteiger partial charge in [-0.2, -0.15) is 13.2 Å². The normalized spacial score (nSPS) is 11.9. The molecule has 28 heavy (non-hydrogen) atoms. The first-order valence-corrected chi connectivity index (χ1v) is 8.59. The van der Waals surface area contributed by atoms with Gasteiger partial charge in [-0.15, -0.1) is 0 Å².